The Labute approximate surface area is 109 Å². The lowest BCUT2D eigenvalue weighted by Gasteiger charge is -2.00. The predicted molar refractivity (Wildman–Crippen MR) is 70.1 cm³/mol. The van der Waals surface area contributed by atoms with Gasteiger partial charge in [-0.15, -0.1) is 5.10 Å². The molecule has 1 aromatic heterocycles. The van der Waals surface area contributed by atoms with E-state index in [0.29, 0.717) is 11.3 Å². The highest BCUT2D eigenvalue weighted by Gasteiger charge is 2.07. The van der Waals surface area contributed by atoms with Gasteiger partial charge in [0.15, 0.2) is 11.5 Å². The van der Waals surface area contributed by atoms with E-state index in [0.717, 1.165) is 5.69 Å². The number of rotatable bonds is 2. The molecule has 0 atom stereocenters. The smallest absolute Gasteiger partial charge is 0.158 e. The van der Waals surface area contributed by atoms with Crippen LogP contribution in [0.3, 0.4) is 0 Å². The molecule has 0 fully saturated rings. The third kappa shape index (κ3) is 2.13. The van der Waals surface area contributed by atoms with Crippen molar-refractivity contribution in [1.29, 1.82) is 0 Å². The van der Waals surface area contributed by atoms with Crippen molar-refractivity contribution in [2.75, 3.05) is 0 Å². The van der Waals surface area contributed by atoms with Gasteiger partial charge in [0.2, 0.25) is 0 Å². The maximum atomic E-state index is 9.48. The van der Waals surface area contributed by atoms with E-state index in [9.17, 15) is 10.2 Å². The topological polar surface area (TPSA) is 71.2 Å². The standard InChI is InChI=1S/C14H11N3O2/c18-13-7-6-10(8-14(13)19)12-9-17(16-15-12)11-4-2-1-3-5-11/h1-9,18-19H. The van der Waals surface area contributed by atoms with Crippen LogP contribution in [-0.2, 0) is 0 Å². The number of benzene rings is 2. The van der Waals surface area contributed by atoms with Gasteiger partial charge in [0, 0.05) is 5.56 Å². The number of phenolic OH excluding ortho intramolecular Hbond substituents is 2. The maximum Gasteiger partial charge on any atom is 0.158 e. The van der Waals surface area contributed by atoms with Crippen molar-refractivity contribution in [3.63, 3.8) is 0 Å². The fourth-order valence-electron chi connectivity index (χ4n) is 1.79. The van der Waals surface area contributed by atoms with Crippen LogP contribution in [0.4, 0.5) is 0 Å². The summed E-state index contributed by atoms with van der Waals surface area (Å²) in [5, 5.41) is 26.9. The number of aromatic hydroxyl groups is 2. The Hall–Kier alpha value is -2.82. The second kappa shape index (κ2) is 4.45. The fourth-order valence-corrected chi connectivity index (χ4v) is 1.79. The number of nitrogens with zero attached hydrogens (tertiary/aromatic N) is 3. The summed E-state index contributed by atoms with van der Waals surface area (Å²) in [6.07, 6.45) is 1.77. The van der Waals surface area contributed by atoms with Gasteiger partial charge in [0.05, 0.1) is 11.9 Å². The first-order chi connectivity index (χ1) is 9.24. The minimum Gasteiger partial charge on any atom is -0.504 e. The Morgan fingerprint density at radius 1 is 0.895 bits per heavy atom. The summed E-state index contributed by atoms with van der Waals surface area (Å²) in [7, 11) is 0. The summed E-state index contributed by atoms with van der Waals surface area (Å²) in [6.45, 7) is 0. The molecule has 0 bridgehead atoms. The van der Waals surface area contributed by atoms with Gasteiger partial charge in [-0.1, -0.05) is 23.4 Å². The highest BCUT2D eigenvalue weighted by molar-refractivity contribution is 5.62. The van der Waals surface area contributed by atoms with Crippen LogP contribution in [0, 0.1) is 0 Å². The van der Waals surface area contributed by atoms with Crippen molar-refractivity contribution in [2.45, 2.75) is 0 Å². The Balaban J connectivity index is 1.99. The highest BCUT2D eigenvalue weighted by atomic mass is 16.3. The summed E-state index contributed by atoms with van der Waals surface area (Å²) in [5.41, 5.74) is 2.22. The lowest BCUT2D eigenvalue weighted by atomic mass is 10.1. The molecule has 5 heteroatoms. The molecule has 5 nitrogen and oxygen atoms in total. The number of phenols is 2. The average Bonchev–Trinajstić information content (AvgIpc) is 2.93. The fraction of sp³-hybridized carbons (Fsp3) is 0. The van der Waals surface area contributed by atoms with Crippen LogP contribution in [0.15, 0.2) is 54.7 Å². The van der Waals surface area contributed by atoms with Crippen molar-refractivity contribution < 1.29 is 10.2 Å². The van der Waals surface area contributed by atoms with Gasteiger partial charge in [-0.3, -0.25) is 0 Å². The van der Waals surface area contributed by atoms with Gasteiger partial charge >= 0.3 is 0 Å². The van der Waals surface area contributed by atoms with Crippen molar-refractivity contribution in [3.8, 4) is 28.4 Å². The van der Waals surface area contributed by atoms with Crippen LogP contribution in [-0.4, -0.2) is 25.2 Å². The van der Waals surface area contributed by atoms with Gasteiger partial charge in [-0.05, 0) is 30.3 Å². The Morgan fingerprint density at radius 3 is 2.42 bits per heavy atom. The molecule has 0 aliphatic rings. The van der Waals surface area contributed by atoms with Crippen molar-refractivity contribution in [1.82, 2.24) is 15.0 Å². The largest absolute Gasteiger partial charge is 0.504 e. The lowest BCUT2D eigenvalue weighted by molar-refractivity contribution is 0.404. The molecule has 2 aromatic carbocycles. The summed E-state index contributed by atoms with van der Waals surface area (Å²) in [6, 6.07) is 14.2. The van der Waals surface area contributed by atoms with Crippen LogP contribution in [0.5, 0.6) is 11.5 Å². The Kier molecular flexibility index (Phi) is 2.64. The summed E-state index contributed by atoms with van der Waals surface area (Å²) in [5.74, 6) is -0.328. The first-order valence-corrected chi connectivity index (χ1v) is 5.74. The van der Waals surface area contributed by atoms with E-state index in [1.54, 1.807) is 16.9 Å². The molecule has 0 unspecified atom stereocenters. The van der Waals surface area contributed by atoms with Gasteiger partial charge in [-0.25, -0.2) is 4.68 Å². The second-order valence-corrected chi connectivity index (χ2v) is 4.09. The van der Waals surface area contributed by atoms with E-state index >= 15 is 0 Å². The number of aromatic nitrogens is 3. The first-order valence-electron chi connectivity index (χ1n) is 5.74. The third-order valence-corrected chi connectivity index (χ3v) is 2.79. The molecule has 0 aliphatic carbocycles. The molecule has 0 saturated heterocycles. The predicted octanol–water partition coefficient (Wildman–Crippen LogP) is 2.35. The van der Waals surface area contributed by atoms with E-state index in [2.05, 4.69) is 10.3 Å². The summed E-state index contributed by atoms with van der Waals surface area (Å²) >= 11 is 0. The molecule has 1 heterocycles. The summed E-state index contributed by atoms with van der Waals surface area (Å²) < 4.78 is 1.65. The van der Waals surface area contributed by atoms with Gasteiger partial charge in [0.1, 0.15) is 5.69 Å². The SMILES string of the molecule is Oc1ccc(-c2cn(-c3ccccc3)nn2)cc1O. The molecule has 3 rings (SSSR count). The Bertz CT molecular complexity index is 708. The van der Waals surface area contributed by atoms with Crippen molar-refractivity contribution in [3.05, 3.63) is 54.7 Å². The van der Waals surface area contributed by atoms with E-state index in [4.69, 9.17) is 0 Å². The van der Waals surface area contributed by atoms with E-state index < -0.39 is 0 Å². The van der Waals surface area contributed by atoms with Gasteiger partial charge in [-0.2, -0.15) is 0 Å². The maximum absolute atomic E-state index is 9.48. The molecule has 0 aliphatic heterocycles. The van der Waals surface area contributed by atoms with E-state index in [1.807, 2.05) is 30.3 Å². The molecule has 0 spiro atoms. The molecule has 19 heavy (non-hydrogen) atoms. The normalized spacial score (nSPS) is 10.5. The zero-order chi connectivity index (χ0) is 13.2. The molecule has 0 saturated carbocycles. The lowest BCUT2D eigenvalue weighted by Crippen LogP contribution is -1.93. The molecule has 3 aromatic rings. The molecule has 0 radical (unpaired) electrons. The third-order valence-electron chi connectivity index (χ3n) is 2.79. The summed E-state index contributed by atoms with van der Waals surface area (Å²) in [4.78, 5) is 0. The van der Waals surface area contributed by atoms with Crippen molar-refractivity contribution >= 4 is 0 Å². The average molecular weight is 253 g/mol. The van der Waals surface area contributed by atoms with Gasteiger partial charge in [0.25, 0.3) is 0 Å². The van der Waals surface area contributed by atoms with E-state index in [1.165, 1.54) is 12.1 Å². The molecule has 94 valence electrons. The zero-order valence-corrected chi connectivity index (χ0v) is 9.93. The van der Waals surface area contributed by atoms with Crippen LogP contribution in [0.2, 0.25) is 0 Å². The minimum absolute atomic E-state index is 0.154. The van der Waals surface area contributed by atoms with Crippen molar-refractivity contribution in [2.24, 2.45) is 0 Å². The van der Waals surface area contributed by atoms with Crippen LogP contribution in [0.1, 0.15) is 0 Å². The monoisotopic (exact) mass is 253 g/mol. The molecular weight excluding hydrogens is 242 g/mol. The second-order valence-electron chi connectivity index (χ2n) is 4.09. The Morgan fingerprint density at radius 2 is 1.68 bits per heavy atom. The van der Waals surface area contributed by atoms with Gasteiger partial charge < -0.3 is 10.2 Å². The quantitative estimate of drug-likeness (QED) is 0.688. The van der Waals surface area contributed by atoms with Crippen LogP contribution in [0.25, 0.3) is 16.9 Å². The van der Waals surface area contributed by atoms with Crippen LogP contribution >= 0.6 is 0 Å². The molecule has 0 amide bonds. The minimum atomic E-state index is -0.174. The first kappa shape index (κ1) is 11.3. The number of para-hydroxylation sites is 1. The van der Waals surface area contributed by atoms with Crippen LogP contribution < -0.4 is 0 Å². The number of hydrogen-bond acceptors (Lipinski definition) is 4. The molecular formula is C14H11N3O2. The highest BCUT2D eigenvalue weighted by Crippen LogP contribution is 2.29. The number of hydrogen-bond donors (Lipinski definition) is 2. The molecule has 2 N–H and O–H groups in total. The van der Waals surface area contributed by atoms with E-state index in [-0.39, 0.29) is 11.5 Å². The zero-order valence-electron chi connectivity index (χ0n) is 9.93.